The van der Waals surface area contributed by atoms with Crippen LogP contribution in [0.2, 0.25) is 0 Å². The van der Waals surface area contributed by atoms with Gasteiger partial charge in [-0.2, -0.15) is 4.98 Å². The zero-order valence-electron chi connectivity index (χ0n) is 16.9. The Morgan fingerprint density at radius 1 is 1.03 bits per heavy atom. The van der Waals surface area contributed by atoms with Gasteiger partial charge in [0.25, 0.3) is 0 Å². The Hall–Kier alpha value is -2.42. The molecule has 0 aliphatic carbocycles. The first-order valence-electron chi connectivity index (χ1n) is 10.7. The predicted octanol–water partition coefficient (Wildman–Crippen LogP) is 0.195. The van der Waals surface area contributed by atoms with Crippen LogP contribution < -0.4 is 15.1 Å². The standard InChI is InChI=1S/C20H30N6O3/c27-18(15-26-9-3-4-19(26)28)21-6-5-16-14-17(24-10-12-29-13-11-24)23-20(22-16)25-7-1-2-8-25/h14H,1-13,15H2,(H,21,27). The lowest BCUT2D eigenvalue weighted by Gasteiger charge is -2.29. The Morgan fingerprint density at radius 3 is 2.55 bits per heavy atom. The molecule has 1 aromatic heterocycles. The predicted molar refractivity (Wildman–Crippen MR) is 109 cm³/mol. The van der Waals surface area contributed by atoms with E-state index in [2.05, 4.69) is 15.1 Å². The lowest BCUT2D eigenvalue weighted by molar-refractivity contribution is -0.133. The molecule has 3 aliphatic heterocycles. The van der Waals surface area contributed by atoms with E-state index in [1.54, 1.807) is 4.90 Å². The van der Waals surface area contributed by atoms with Gasteiger partial charge in [0.2, 0.25) is 17.8 Å². The molecule has 2 amide bonds. The number of carbonyl (C=O) groups excluding carboxylic acids is 2. The topological polar surface area (TPSA) is 90.9 Å². The van der Waals surface area contributed by atoms with Crippen LogP contribution in [-0.4, -0.2) is 85.7 Å². The highest BCUT2D eigenvalue weighted by Crippen LogP contribution is 2.22. The summed E-state index contributed by atoms with van der Waals surface area (Å²) in [5.41, 5.74) is 0.931. The minimum absolute atomic E-state index is 0.0707. The van der Waals surface area contributed by atoms with Crippen LogP contribution in [0.3, 0.4) is 0 Å². The number of rotatable bonds is 7. The molecule has 0 saturated carbocycles. The molecule has 1 N–H and O–H groups in total. The summed E-state index contributed by atoms with van der Waals surface area (Å²) in [6.07, 6.45) is 4.38. The van der Waals surface area contributed by atoms with Crippen molar-refractivity contribution in [3.63, 3.8) is 0 Å². The Bertz CT molecular complexity index is 731. The van der Waals surface area contributed by atoms with Gasteiger partial charge in [-0.05, 0) is 19.3 Å². The summed E-state index contributed by atoms with van der Waals surface area (Å²) in [4.78, 5) is 39.5. The molecule has 4 heterocycles. The molecule has 0 spiro atoms. The Balaban J connectivity index is 1.38. The van der Waals surface area contributed by atoms with Gasteiger partial charge in [-0.1, -0.05) is 0 Å². The number of morpholine rings is 1. The smallest absolute Gasteiger partial charge is 0.239 e. The van der Waals surface area contributed by atoms with Crippen molar-refractivity contribution in [3.05, 3.63) is 11.8 Å². The quantitative estimate of drug-likeness (QED) is 0.696. The molecule has 1 aromatic rings. The number of carbonyl (C=O) groups is 2. The van der Waals surface area contributed by atoms with Gasteiger partial charge in [0, 0.05) is 63.9 Å². The van der Waals surface area contributed by atoms with Crippen molar-refractivity contribution in [2.75, 3.05) is 68.8 Å². The van der Waals surface area contributed by atoms with E-state index in [0.29, 0.717) is 39.1 Å². The molecule has 158 valence electrons. The third-order valence-corrected chi connectivity index (χ3v) is 5.69. The van der Waals surface area contributed by atoms with E-state index in [4.69, 9.17) is 14.7 Å². The molecular formula is C20H30N6O3. The summed E-state index contributed by atoms with van der Waals surface area (Å²) < 4.78 is 5.46. The molecule has 0 radical (unpaired) electrons. The van der Waals surface area contributed by atoms with Crippen molar-refractivity contribution in [3.8, 4) is 0 Å². The third kappa shape index (κ3) is 5.14. The number of likely N-dealkylation sites (tertiary alicyclic amines) is 1. The minimum atomic E-state index is -0.109. The molecule has 0 bridgehead atoms. The second-order valence-electron chi connectivity index (χ2n) is 7.83. The number of nitrogens with zero attached hydrogens (tertiary/aromatic N) is 5. The molecule has 9 nitrogen and oxygen atoms in total. The maximum atomic E-state index is 12.2. The lowest BCUT2D eigenvalue weighted by Crippen LogP contribution is -2.38. The van der Waals surface area contributed by atoms with Crippen molar-refractivity contribution in [1.29, 1.82) is 0 Å². The van der Waals surface area contributed by atoms with Gasteiger partial charge < -0.3 is 24.8 Å². The van der Waals surface area contributed by atoms with Crippen molar-refractivity contribution in [1.82, 2.24) is 20.2 Å². The minimum Gasteiger partial charge on any atom is -0.378 e. The molecule has 0 atom stereocenters. The van der Waals surface area contributed by atoms with Gasteiger partial charge in [0.05, 0.1) is 19.8 Å². The van der Waals surface area contributed by atoms with Gasteiger partial charge in [0.15, 0.2) is 0 Å². The highest BCUT2D eigenvalue weighted by atomic mass is 16.5. The fraction of sp³-hybridized carbons (Fsp3) is 0.700. The van der Waals surface area contributed by atoms with Crippen LogP contribution in [0.4, 0.5) is 11.8 Å². The maximum Gasteiger partial charge on any atom is 0.239 e. The van der Waals surface area contributed by atoms with E-state index in [-0.39, 0.29) is 18.4 Å². The van der Waals surface area contributed by atoms with E-state index in [1.165, 1.54) is 12.8 Å². The van der Waals surface area contributed by atoms with Crippen molar-refractivity contribution in [2.45, 2.75) is 32.1 Å². The van der Waals surface area contributed by atoms with Crippen molar-refractivity contribution in [2.24, 2.45) is 0 Å². The number of nitrogens with one attached hydrogen (secondary N) is 1. The monoisotopic (exact) mass is 402 g/mol. The second-order valence-corrected chi connectivity index (χ2v) is 7.83. The molecule has 0 unspecified atom stereocenters. The van der Waals surface area contributed by atoms with Crippen molar-refractivity contribution >= 4 is 23.6 Å². The van der Waals surface area contributed by atoms with E-state index in [0.717, 1.165) is 50.1 Å². The molecule has 4 rings (SSSR count). The zero-order valence-corrected chi connectivity index (χ0v) is 16.9. The van der Waals surface area contributed by atoms with Gasteiger partial charge in [-0.25, -0.2) is 4.98 Å². The van der Waals surface area contributed by atoms with Crippen LogP contribution in [0.5, 0.6) is 0 Å². The number of ether oxygens (including phenoxy) is 1. The molecule has 9 heteroatoms. The summed E-state index contributed by atoms with van der Waals surface area (Å²) in [6.45, 7) is 6.40. The van der Waals surface area contributed by atoms with E-state index >= 15 is 0 Å². The van der Waals surface area contributed by atoms with Crippen LogP contribution >= 0.6 is 0 Å². The average molecular weight is 402 g/mol. The average Bonchev–Trinajstić information content (AvgIpc) is 3.41. The molecule has 3 aliphatic rings. The van der Waals surface area contributed by atoms with E-state index in [1.807, 2.05) is 6.07 Å². The summed E-state index contributed by atoms with van der Waals surface area (Å²) in [5, 5.41) is 2.93. The largest absolute Gasteiger partial charge is 0.378 e. The first-order valence-corrected chi connectivity index (χ1v) is 10.7. The lowest BCUT2D eigenvalue weighted by atomic mass is 10.2. The molecule has 3 saturated heterocycles. The molecule has 3 fully saturated rings. The number of hydrogen-bond acceptors (Lipinski definition) is 7. The fourth-order valence-electron chi connectivity index (χ4n) is 4.04. The van der Waals surface area contributed by atoms with E-state index in [9.17, 15) is 9.59 Å². The molecule has 29 heavy (non-hydrogen) atoms. The first-order chi connectivity index (χ1) is 14.2. The summed E-state index contributed by atoms with van der Waals surface area (Å²) >= 11 is 0. The van der Waals surface area contributed by atoms with Crippen molar-refractivity contribution < 1.29 is 14.3 Å². The Kier molecular flexibility index (Phi) is 6.43. The summed E-state index contributed by atoms with van der Waals surface area (Å²) in [6, 6.07) is 2.03. The van der Waals surface area contributed by atoms with Crippen LogP contribution in [-0.2, 0) is 20.7 Å². The zero-order chi connectivity index (χ0) is 20.1. The van der Waals surface area contributed by atoms with Crippen LogP contribution in [0.15, 0.2) is 6.07 Å². The Labute approximate surface area is 171 Å². The first kappa shape index (κ1) is 19.9. The van der Waals surface area contributed by atoms with Gasteiger partial charge in [0.1, 0.15) is 5.82 Å². The fourth-order valence-corrected chi connectivity index (χ4v) is 4.04. The van der Waals surface area contributed by atoms with Gasteiger partial charge >= 0.3 is 0 Å². The van der Waals surface area contributed by atoms with Gasteiger partial charge in [-0.15, -0.1) is 0 Å². The Morgan fingerprint density at radius 2 is 1.83 bits per heavy atom. The summed E-state index contributed by atoms with van der Waals surface area (Å²) in [7, 11) is 0. The maximum absolute atomic E-state index is 12.2. The third-order valence-electron chi connectivity index (χ3n) is 5.69. The second kappa shape index (κ2) is 9.39. The molecular weight excluding hydrogens is 372 g/mol. The number of anilines is 2. The van der Waals surface area contributed by atoms with Crippen LogP contribution in [0, 0.1) is 0 Å². The van der Waals surface area contributed by atoms with Crippen LogP contribution in [0.1, 0.15) is 31.4 Å². The van der Waals surface area contributed by atoms with Crippen LogP contribution in [0.25, 0.3) is 0 Å². The highest BCUT2D eigenvalue weighted by Gasteiger charge is 2.23. The van der Waals surface area contributed by atoms with Gasteiger partial charge in [-0.3, -0.25) is 9.59 Å². The molecule has 0 aromatic carbocycles. The highest BCUT2D eigenvalue weighted by molar-refractivity contribution is 5.85. The normalized spacial score (nSPS) is 19.9. The van der Waals surface area contributed by atoms with E-state index < -0.39 is 0 Å². The summed E-state index contributed by atoms with van der Waals surface area (Å²) in [5.74, 6) is 1.69. The number of amides is 2. The number of aromatic nitrogens is 2. The SMILES string of the molecule is O=C(CN1CCCC1=O)NCCc1cc(N2CCOCC2)nc(N2CCCC2)n1. The number of hydrogen-bond donors (Lipinski definition) is 1.